The van der Waals surface area contributed by atoms with Crippen LogP contribution in [0.1, 0.15) is 25.5 Å². The third kappa shape index (κ3) is 2.92. The Labute approximate surface area is 148 Å². The summed E-state index contributed by atoms with van der Waals surface area (Å²) in [6.45, 7) is 3.81. The van der Waals surface area contributed by atoms with Crippen LogP contribution in [-0.2, 0) is 14.1 Å². The summed E-state index contributed by atoms with van der Waals surface area (Å²) in [4.78, 5) is 29.0. The minimum absolute atomic E-state index is 0.0891. The highest BCUT2D eigenvalue weighted by Gasteiger charge is 2.20. The number of hydrogen-bond acceptors (Lipinski definition) is 5. The van der Waals surface area contributed by atoms with Gasteiger partial charge in [-0.15, -0.1) is 0 Å². The fourth-order valence-electron chi connectivity index (χ4n) is 2.71. The number of hydrazone groups is 1. The Bertz CT molecular complexity index is 1110. The van der Waals surface area contributed by atoms with E-state index in [9.17, 15) is 14.0 Å². The topological polar surface area (TPSA) is 86.2 Å². The normalized spacial score (nSPS) is 11.8. The molecule has 0 fully saturated rings. The lowest BCUT2D eigenvalue weighted by molar-refractivity contribution is 0.615. The summed E-state index contributed by atoms with van der Waals surface area (Å²) in [5.41, 5.74) is 3.25. The van der Waals surface area contributed by atoms with Crippen LogP contribution in [0.5, 0.6) is 0 Å². The van der Waals surface area contributed by atoms with E-state index in [0.717, 1.165) is 4.57 Å². The highest BCUT2D eigenvalue weighted by molar-refractivity contribution is 5.80. The van der Waals surface area contributed by atoms with Gasteiger partial charge in [0.05, 0.1) is 6.21 Å². The smallest absolute Gasteiger partial charge is 0.300 e. The summed E-state index contributed by atoms with van der Waals surface area (Å²) in [6.07, 6.45) is 1.51. The van der Waals surface area contributed by atoms with Crippen molar-refractivity contribution in [2.75, 3.05) is 5.43 Å². The number of benzene rings is 1. The van der Waals surface area contributed by atoms with E-state index in [1.165, 1.54) is 30.0 Å². The zero-order valence-electron chi connectivity index (χ0n) is 14.9. The Morgan fingerprint density at radius 2 is 1.81 bits per heavy atom. The molecule has 0 aliphatic rings. The van der Waals surface area contributed by atoms with Crippen LogP contribution in [0, 0.1) is 5.82 Å². The Balaban J connectivity index is 2.08. The number of imidazole rings is 1. The maximum absolute atomic E-state index is 12.9. The number of aryl methyl sites for hydroxylation is 1. The fraction of sp³-hybridized carbons (Fsp3) is 0.294. The number of nitrogens with one attached hydrogen (secondary N) is 1. The van der Waals surface area contributed by atoms with Gasteiger partial charge >= 0.3 is 5.69 Å². The van der Waals surface area contributed by atoms with E-state index in [2.05, 4.69) is 15.5 Å². The van der Waals surface area contributed by atoms with Crippen LogP contribution < -0.4 is 16.7 Å². The van der Waals surface area contributed by atoms with E-state index in [0.29, 0.717) is 17.0 Å². The molecule has 2 aromatic heterocycles. The molecule has 0 bridgehead atoms. The largest absolute Gasteiger partial charge is 0.332 e. The third-order valence-electron chi connectivity index (χ3n) is 4.06. The number of fused-ring (bicyclic) bond motifs is 1. The number of halogens is 1. The summed E-state index contributed by atoms with van der Waals surface area (Å²) >= 11 is 0. The molecular formula is C17H19FN6O2. The molecule has 3 rings (SSSR count). The monoisotopic (exact) mass is 358 g/mol. The van der Waals surface area contributed by atoms with Crippen LogP contribution in [0.15, 0.2) is 39.0 Å². The van der Waals surface area contributed by atoms with Gasteiger partial charge in [0.1, 0.15) is 5.82 Å². The van der Waals surface area contributed by atoms with Crippen LogP contribution in [-0.4, -0.2) is 24.9 Å². The van der Waals surface area contributed by atoms with Crippen LogP contribution in [0.25, 0.3) is 11.2 Å². The van der Waals surface area contributed by atoms with Gasteiger partial charge in [-0.2, -0.15) is 10.1 Å². The van der Waals surface area contributed by atoms with Crippen LogP contribution in [0.3, 0.4) is 0 Å². The van der Waals surface area contributed by atoms with Crippen molar-refractivity contribution in [3.8, 4) is 0 Å². The molecule has 2 heterocycles. The van der Waals surface area contributed by atoms with Gasteiger partial charge in [-0.05, 0) is 31.5 Å². The predicted octanol–water partition coefficient (Wildman–Crippen LogP) is 1.60. The van der Waals surface area contributed by atoms with Crippen molar-refractivity contribution in [3.05, 3.63) is 56.5 Å². The summed E-state index contributed by atoms with van der Waals surface area (Å²) in [5, 5.41) is 4.11. The van der Waals surface area contributed by atoms with E-state index >= 15 is 0 Å². The van der Waals surface area contributed by atoms with Gasteiger partial charge in [0.2, 0.25) is 5.95 Å². The predicted molar refractivity (Wildman–Crippen MR) is 98.2 cm³/mol. The van der Waals surface area contributed by atoms with Crippen molar-refractivity contribution in [2.45, 2.75) is 19.9 Å². The van der Waals surface area contributed by atoms with Crippen molar-refractivity contribution in [2.24, 2.45) is 19.2 Å². The molecule has 0 radical (unpaired) electrons. The Kier molecular flexibility index (Phi) is 4.45. The molecule has 0 aliphatic carbocycles. The molecule has 0 aliphatic heterocycles. The molecule has 0 saturated carbocycles. The first-order chi connectivity index (χ1) is 12.3. The van der Waals surface area contributed by atoms with E-state index in [1.807, 2.05) is 13.8 Å². The lowest BCUT2D eigenvalue weighted by Crippen LogP contribution is -2.37. The Hall–Kier alpha value is -3.23. The van der Waals surface area contributed by atoms with Crippen molar-refractivity contribution in [3.63, 3.8) is 0 Å². The van der Waals surface area contributed by atoms with Gasteiger partial charge in [0.15, 0.2) is 11.2 Å². The van der Waals surface area contributed by atoms with E-state index in [4.69, 9.17) is 0 Å². The number of anilines is 1. The van der Waals surface area contributed by atoms with Crippen LogP contribution >= 0.6 is 0 Å². The minimum Gasteiger partial charge on any atom is -0.300 e. The van der Waals surface area contributed by atoms with Crippen molar-refractivity contribution in [1.29, 1.82) is 0 Å². The molecule has 1 aromatic carbocycles. The van der Waals surface area contributed by atoms with Crippen molar-refractivity contribution >= 4 is 23.3 Å². The van der Waals surface area contributed by atoms with Crippen LogP contribution in [0.4, 0.5) is 10.3 Å². The van der Waals surface area contributed by atoms with Crippen molar-refractivity contribution < 1.29 is 4.39 Å². The molecule has 8 nitrogen and oxygen atoms in total. The summed E-state index contributed by atoms with van der Waals surface area (Å²) < 4.78 is 17.0. The first-order valence-corrected chi connectivity index (χ1v) is 8.04. The first-order valence-electron chi connectivity index (χ1n) is 8.04. The lowest BCUT2D eigenvalue weighted by Gasteiger charge is -2.12. The summed E-state index contributed by atoms with van der Waals surface area (Å²) in [5.74, 6) is 0.0140. The second-order valence-corrected chi connectivity index (χ2v) is 6.20. The molecule has 3 aromatic rings. The second kappa shape index (κ2) is 6.58. The zero-order valence-corrected chi connectivity index (χ0v) is 14.9. The number of nitrogens with zero attached hydrogens (tertiary/aromatic N) is 5. The summed E-state index contributed by atoms with van der Waals surface area (Å²) in [6, 6.07) is 5.76. The van der Waals surface area contributed by atoms with Gasteiger partial charge in [-0.25, -0.2) is 14.6 Å². The van der Waals surface area contributed by atoms with Gasteiger partial charge in [-0.1, -0.05) is 12.1 Å². The van der Waals surface area contributed by atoms with E-state index in [-0.39, 0.29) is 17.5 Å². The molecule has 0 unspecified atom stereocenters. The maximum Gasteiger partial charge on any atom is 0.332 e. The van der Waals surface area contributed by atoms with Gasteiger partial charge < -0.3 is 4.57 Å². The highest BCUT2D eigenvalue weighted by atomic mass is 19.1. The number of aromatic nitrogens is 4. The Morgan fingerprint density at radius 3 is 2.42 bits per heavy atom. The van der Waals surface area contributed by atoms with E-state index < -0.39 is 11.2 Å². The Morgan fingerprint density at radius 1 is 1.15 bits per heavy atom. The molecule has 26 heavy (non-hydrogen) atoms. The number of rotatable bonds is 4. The SMILES string of the molecule is CC(C)n1c(N/N=C/c2ccc(F)cc2)nc2c1c(=O)n(C)c(=O)n2C. The standard InChI is InChI=1S/C17H19FN6O2/c1-10(2)24-13-14(22(3)17(26)23(4)15(13)25)20-16(24)21-19-9-11-5-7-12(18)8-6-11/h5-10H,1-4H3,(H,20,21)/b19-9+. The lowest BCUT2D eigenvalue weighted by atomic mass is 10.2. The quantitative estimate of drug-likeness (QED) is 0.567. The summed E-state index contributed by atoms with van der Waals surface area (Å²) in [7, 11) is 2.99. The molecular weight excluding hydrogens is 339 g/mol. The third-order valence-corrected chi connectivity index (χ3v) is 4.06. The second-order valence-electron chi connectivity index (χ2n) is 6.20. The molecule has 1 N–H and O–H groups in total. The van der Waals surface area contributed by atoms with Crippen molar-refractivity contribution in [1.82, 2.24) is 18.7 Å². The molecule has 136 valence electrons. The zero-order chi connectivity index (χ0) is 19.0. The average Bonchev–Trinajstić information content (AvgIpc) is 3.00. The molecule has 0 atom stereocenters. The molecule has 0 spiro atoms. The molecule has 0 amide bonds. The van der Waals surface area contributed by atoms with Crippen LogP contribution in [0.2, 0.25) is 0 Å². The molecule has 9 heteroatoms. The minimum atomic E-state index is -0.447. The van der Waals surface area contributed by atoms with Gasteiger partial charge in [-0.3, -0.25) is 13.9 Å². The van der Waals surface area contributed by atoms with Gasteiger partial charge in [0, 0.05) is 20.1 Å². The highest BCUT2D eigenvalue weighted by Crippen LogP contribution is 2.20. The fourth-order valence-corrected chi connectivity index (χ4v) is 2.71. The first kappa shape index (κ1) is 17.6. The number of hydrogen-bond donors (Lipinski definition) is 1. The molecule has 0 saturated heterocycles. The van der Waals surface area contributed by atoms with E-state index in [1.54, 1.807) is 23.7 Å². The maximum atomic E-state index is 12.9. The average molecular weight is 358 g/mol. The van der Waals surface area contributed by atoms with Gasteiger partial charge in [0.25, 0.3) is 5.56 Å².